The normalized spacial score (nSPS) is 11.6. The Morgan fingerprint density at radius 2 is 2.00 bits per heavy atom. The van der Waals surface area contributed by atoms with Gasteiger partial charge in [0.15, 0.2) is 0 Å². The number of esters is 1. The van der Waals surface area contributed by atoms with Crippen molar-refractivity contribution >= 4 is 5.97 Å². The van der Waals surface area contributed by atoms with Gasteiger partial charge in [-0.25, -0.2) is 8.78 Å². The topological polar surface area (TPSA) is 52.1 Å². The number of alkyl halides is 2. The third kappa shape index (κ3) is 2.32. The molecule has 1 aromatic heterocycles. The summed E-state index contributed by atoms with van der Waals surface area (Å²) in [7, 11) is 1.25. The third-order valence-corrected chi connectivity index (χ3v) is 2.23. The molecule has 0 saturated carbocycles. The minimum absolute atomic E-state index is 0.295. The van der Waals surface area contributed by atoms with Gasteiger partial charge in [-0.2, -0.15) is 0 Å². The van der Waals surface area contributed by atoms with Gasteiger partial charge in [-0.1, -0.05) is 0 Å². The fourth-order valence-corrected chi connectivity index (χ4v) is 1.13. The lowest BCUT2D eigenvalue weighted by Crippen LogP contribution is -2.31. The molecule has 88 valence electrons. The fraction of sp³-hybridized carbons (Fsp3) is 0.500. The van der Waals surface area contributed by atoms with Crippen molar-refractivity contribution in [1.29, 1.82) is 0 Å². The molecule has 0 radical (unpaired) electrons. The van der Waals surface area contributed by atoms with Gasteiger partial charge >= 0.3 is 5.97 Å². The van der Waals surface area contributed by atoms with E-state index >= 15 is 0 Å². The lowest BCUT2D eigenvalue weighted by atomic mass is 9.90. The van der Waals surface area contributed by atoms with Crippen LogP contribution in [0, 0.1) is 0 Å². The van der Waals surface area contributed by atoms with Crippen molar-refractivity contribution in [1.82, 2.24) is 9.97 Å². The highest BCUT2D eigenvalue weighted by atomic mass is 19.3. The molecule has 1 aromatic rings. The van der Waals surface area contributed by atoms with E-state index < -0.39 is 23.5 Å². The molecular weight excluding hydrogens is 218 g/mol. The zero-order chi connectivity index (χ0) is 12.3. The number of rotatable bonds is 3. The minimum atomic E-state index is -2.66. The van der Waals surface area contributed by atoms with Crippen LogP contribution >= 0.6 is 0 Å². The zero-order valence-corrected chi connectivity index (χ0v) is 9.20. The van der Waals surface area contributed by atoms with Gasteiger partial charge in [-0.3, -0.25) is 14.8 Å². The number of carbonyl (C=O) groups excluding carboxylic acids is 1. The van der Waals surface area contributed by atoms with Crippen molar-refractivity contribution in [2.24, 2.45) is 0 Å². The summed E-state index contributed by atoms with van der Waals surface area (Å²) in [5.41, 5.74) is -1.12. The third-order valence-electron chi connectivity index (χ3n) is 2.23. The highest BCUT2D eigenvalue weighted by Crippen LogP contribution is 2.23. The van der Waals surface area contributed by atoms with Crippen LogP contribution in [0.5, 0.6) is 0 Å². The van der Waals surface area contributed by atoms with Crippen molar-refractivity contribution < 1.29 is 18.3 Å². The lowest BCUT2D eigenvalue weighted by Gasteiger charge is -2.20. The Balaban J connectivity index is 3.01. The standard InChI is InChI=1S/C10H12F2N2O2/c1-10(2,9(15)16-3)7-5-13-6(4-14-7)8(11)12/h4-5,8H,1-3H3. The van der Waals surface area contributed by atoms with E-state index in [1.165, 1.54) is 13.3 Å². The van der Waals surface area contributed by atoms with E-state index in [0.29, 0.717) is 5.69 Å². The molecule has 0 spiro atoms. The van der Waals surface area contributed by atoms with Crippen LogP contribution in [0.2, 0.25) is 0 Å². The number of halogens is 2. The van der Waals surface area contributed by atoms with Crippen molar-refractivity contribution in [3.05, 3.63) is 23.8 Å². The van der Waals surface area contributed by atoms with Gasteiger partial charge in [-0.15, -0.1) is 0 Å². The van der Waals surface area contributed by atoms with Crippen LogP contribution < -0.4 is 0 Å². The number of carbonyl (C=O) groups is 1. The van der Waals surface area contributed by atoms with Gasteiger partial charge in [-0.05, 0) is 13.8 Å². The maximum atomic E-state index is 12.2. The predicted octanol–water partition coefficient (Wildman–Crippen LogP) is 1.86. The monoisotopic (exact) mass is 230 g/mol. The predicted molar refractivity (Wildman–Crippen MR) is 52.0 cm³/mol. The molecule has 1 heterocycles. The van der Waals surface area contributed by atoms with E-state index in [9.17, 15) is 13.6 Å². The van der Waals surface area contributed by atoms with E-state index in [1.807, 2.05) is 0 Å². The summed E-state index contributed by atoms with van der Waals surface area (Å²) >= 11 is 0. The second-order valence-electron chi connectivity index (χ2n) is 3.74. The molecule has 0 aliphatic heterocycles. The van der Waals surface area contributed by atoms with Gasteiger partial charge in [0, 0.05) is 0 Å². The molecule has 0 atom stereocenters. The number of aromatic nitrogens is 2. The molecule has 0 unspecified atom stereocenters. The number of nitrogens with zero attached hydrogens (tertiary/aromatic N) is 2. The Morgan fingerprint density at radius 1 is 1.38 bits per heavy atom. The van der Waals surface area contributed by atoms with Crippen LogP contribution in [-0.2, 0) is 14.9 Å². The van der Waals surface area contributed by atoms with Crippen LogP contribution in [0.1, 0.15) is 31.7 Å². The second kappa shape index (κ2) is 4.51. The van der Waals surface area contributed by atoms with Crippen molar-refractivity contribution in [3.8, 4) is 0 Å². The molecule has 6 heteroatoms. The quantitative estimate of drug-likeness (QED) is 0.744. The molecular formula is C10H12F2N2O2. The Hall–Kier alpha value is -1.59. The van der Waals surface area contributed by atoms with Gasteiger partial charge in [0.25, 0.3) is 6.43 Å². The van der Waals surface area contributed by atoms with Crippen LogP contribution in [0.3, 0.4) is 0 Å². The fourth-order valence-electron chi connectivity index (χ4n) is 1.13. The largest absolute Gasteiger partial charge is 0.468 e. The number of methoxy groups -OCH3 is 1. The minimum Gasteiger partial charge on any atom is -0.468 e. The Morgan fingerprint density at radius 3 is 2.38 bits per heavy atom. The smallest absolute Gasteiger partial charge is 0.317 e. The van der Waals surface area contributed by atoms with E-state index in [-0.39, 0.29) is 0 Å². The summed E-state index contributed by atoms with van der Waals surface area (Å²) in [6.45, 7) is 3.18. The molecule has 16 heavy (non-hydrogen) atoms. The Kier molecular flexibility index (Phi) is 3.51. The number of hydrogen-bond donors (Lipinski definition) is 0. The van der Waals surface area contributed by atoms with Gasteiger partial charge in [0.05, 0.1) is 25.2 Å². The first kappa shape index (κ1) is 12.5. The van der Waals surface area contributed by atoms with Gasteiger partial charge in [0.1, 0.15) is 11.1 Å². The van der Waals surface area contributed by atoms with Gasteiger partial charge in [0.2, 0.25) is 0 Å². The first-order valence-electron chi connectivity index (χ1n) is 4.58. The maximum absolute atomic E-state index is 12.2. The SMILES string of the molecule is COC(=O)C(C)(C)c1cnc(C(F)F)cn1. The molecule has 4 nitrogen and oxygen atoms in total. The first-order valence-corrected chi connectivity index (χ1v) is 4.58. The van der Waals surface area contributed by atoms with Crippen LogP contribution in [0.15, 0.2) is 12.4 Å². The Bertz CT molecular complexity index is 377. The molecule has 0 bridgehead atoms. The highest BCUT2D eigenvalue weighted by molar-refractivity contribution is 5.81. The maximum Gasteiger partial charge on any atom is 0.317 e. The van der Waals surface area contributed by atoms with E-state index in [0.717, 1.165) is 6.20 Å². The van der Waals surface area contributed by atoms with Crippen molar-refractivity contribution in [2.45, 2.75) is 25.7 Å². The number of hydrogen-bond acceptors (Lipinski definition) is 4. The van der Waals surface area contributed by atoms with Gasteiger partial charge < -0.3 is 4.74 Å². The molecule has 0 amide bonds. The summed E-state index contributed by atoms with van der Waals surface area (Å²) in [6.07, 6.45) is -0.536. The second-order valence-corrected chi connectivity index (χ2v) is 3.74. The van der Waals surface area contributed by atoms with Crippen molar-refractivity contribution in [3.63, 3.8) is 0 Å². The summed E-state index contributed by atoms with van der Waals surface area (Å²) in [5.74, 6) is -0.494. The summed E-state index contributed by atoms with van der Waals surface area (Å²) < 4.78 is 29.0. The number of ether oxygens (including phenoxy) is 1. The first-order chi connectivity index (χ1) is 7.39. The summed E-state index contributed by atoms with van der Waals surface area (Å²) in [4.78, 5) is 18.8. The van der Waals surface area contributed by atoms with Crippen molar-refractivity contribution in [2.75, 3.05) is 7.11 Å². The molecule has 0 aromatic carbocycles. The van der Waals surface area contributed by atoms with E-state index in [1.54, 1.807) is 13.8 Å². The molecule has 0 fully saturated rings. The molecule has 1 rings (SSSR count). The molecule has 0 aliphatic rings. The van der Waals surface area contributed by atoms with Crippen LogP contribution in [0.25, 0.3) is 0 Å². The van der Waals surface area contributed by atoms with Crippen LogP contribution in [0.4, 0.5) is 8.78 Å². The molecule has 0 saturated heterocycles. The summed E-state index contributed by atoms with van der Waals surface area (Å²) in [5, 5.41) is 0. The molecule has 0 N–H and O–H groups in total. The Labute approximate surface area is 91.7 Å². The zero-order valence-electron chi connectivity index (χ0n) is 9.20. The summed E-state index contributed by atoms with van der Waals surface area (Å²) in [6, 6.07) is 0. The van der Waals surface area contributed by atoms with Crippen LogP contribution in [-0.4, -0.2) is 23.0 Å². The van der Waals surface area contributed by atoms with E-state index in [2.05, 4.69) is 14.7 Å². The molecule has 0 aliphatic carbocycles. The van der Waals surface area contributed by atoms with E-state index in [4.69, 9.17) is 0 Å². The average molecular weight is 230 g/mol. The lowest BCUT2D eigenvalue weighted by molar-refractivity contribution is -0.146. The average Bonchev–Trinajstić information content (AvgIpc) is 2.28. The highest BCUT2D eigenvalue weighted by Gasteiger charge is 2.32.